The second-order valence-electron chi connectivity index (χ2n) is 19.5. The Hall–Kier alpha value is -5.61. The third-order valence-electron chi connectivity index (χ3n) is 14.3. The lowest BCUT2D eigenvalue weighted by molar-refractivity contribution is -0.148. The maximum Gasteiger partial charge on any atom is 0.408 e. The molecule has 69 heavy (non-hydrogen) atoms. The lowest BCUT2D eigenvalue weighted by Crippen LogP contribution is -2.75. The van der Waals surface area contributed by atoms with Crippen molar-refractivity contribution in [3.8, 4) is 28.7 Å². The van der Waals surface area contributed by atoms with Crippen LogP contribution in [0.2, 0.25) is 0 Å². The lowest BCUT2D eigenvalue weighted by atomic mass is 9.64. The van der Waals surface area contributed by atoms with Gasteiger partial charge < -0.3 is 48.9 Å². The van der Waals surface area contributed by atoms with Crippen LogP contribution in [-0.4, -0.2) is 140 Å². The van der Waals surface area contributed by atoms with Gasteiger partial charge in [0.2, 0.25) is 12.7 Å². The summed E-state index contributed by atoms with van der Waals surface area (Å²) in [5.41, 5.74) is 4.86. The van der Waals surface area contributed by atoms with Crippen molar-refractivity contribution in [2.45, 2.75) is 101 Å². The maximum atomic E-state index is 14.8. The molecule has 2 bridgehead atoms. The topological polar surface area (TPSA) is 190 Å². The molecule has 0 saturated carbocycles. The van der Waals surface area contributed by atoms with E-state index >= 15 is 0 Å². The molecule has 2 amide bonds. The van der Waals surface area contributed by atoms with E-state index in [1.807, 2.05) is 43.1 Å². The summed E-state index contributed by atoms with van der Waals surface area (Å²) in [6.07, 6.45) is -0.405. The monoisotopic (exact) mass is 963 g/mol. The van der Waals surface area contributed by atoms with Crippen molar-refractivity contribution in [1.82, 2.24) is 20.4 Å². The number of aliphatic hydroxyl groups is 1. The predicted molar refractivity (Wildman–Crippen MR) is 256 cm³/mol. The van der Waals surface area contributed by atoms with Crippen molar-refractivity contribution in [2.24, 2.45) is 0 Å². The molecular formula is C52H61N5O11S. The molecule has 4 aliphatic heterocycles. The van der Waals surface area contributed by atoms with Gasteiger partial charge in [-0.15, -0.1) is 0 Å². The number of fused-ring (bicyclic) bond motifs is 11. The fourth-order valence-electron chi connectivity index (χ4n) is 11.4. The Bertz CT molecular complexity index is 2600. The molecule has 0 aromatic heterocycles. The average molecular weight is 964 g/mol. The SMILES string of the molecule is COCCOCOc1c(OC)c(C)cc2c1[C@@H]1C3CC4(O)C(=O)C(C)=C5OCOC5=C4[C@H](CNC(=O)[C@H](CSCC4c5ccccc5-c5ccccc54)NC(=O)OC(C)(C)C)N3[C@@H](C#N)C(C2)N1C. The molecule has 17 heteroatoms. The number of piperidine rings is 1. The summed E-state index contributed by atoms with van der Waals surface area (Å²) in [6, 6.07) is 16.9. The van der Waals surface area contributed by atoms with Crippen LogP contribution in [0, 0.1) is 18.3 Å². The number of ketones is 1. The fraction of sp³-hybridized carbons (Fsp3) is 0.500. The number of alkyl carbamates (subject to hydrolysis) is 1. The number of Topliss-reactive ketones (excluding diaryl/α,β-unsaturated/α-hetero) is 1. The summed E-state index contributed by atoms with van der Waals surface area (Å²) >= 11 is 1.54. The predicted octanol–water partition coefficient (Wildman–Crippen LogP) is 5.65. The Morgan fingerprint density at radius 3 is 2.38 bits per heavy atom. The van der Waals surface area contributed by atoms with E-state index in [0.29, 0.717) is 36.9 Å². The molecule has 2 aliphatic carbocycles. The molecule has 3 aromatic carbocycles. The highest BCUT2D eigenvalue weighted by Crippen LogP contribution is 2.57. The molecule has 366 valence electrons. The zero-order valence-corrected chi connectivity index (χ0v) is 41.2. The van der Waals surface area contributed by atoms with Crippen LogP contribution in [0.5, 0.6) is 11.5 Å². The molecule has 9 rings (SSSR count). The van der Waals surface area contributed by atoms with Crippen molar-refractivity contribution in [2.75, 3.05) is 66.1 Å². The van der Waals surface area contributed by atoms with Crippen LogP contribution in [0.25, 0.3) is 11.1 Å². The first kappa shape index (κ1) is 48.4. The number of nitrogens with zero attached hydrogens (tertiary/aromatic N) is 3. The van der Waals surface area contributed by atoms with Crippen LogP contribution in [-0.2, 0) is 39.7 Å². The van der Waals surface area contributed by atoms with Gasteiger partial charge >= 0.3 is 6.09 Å². The van der Waals surface area contributed by atoms with Gasteiger partial charge in [0.15, 0.2) is 41.2 Å². The number of rotatable bonds is 15. The smallest absolute Gasteiger partial charge is 0.408 e. The third-order valence-corrected chi connectivity index (χ3v) is 15.4. The molecule has 3 aromatic rings. The van der Waals surface area contributed by atoms with Gasteiger partial charge in [-0.3, -0.25) is 19.4 Å². The van der Waals surface area contributed by atoms with Crippen LogP contribution in [0.1, 0.15) is 73.9 Å². The van der Waals surface area contributed by atoms with E-state index < -0.39 is 59.2 Å². The van der Waals surface area contributed by atoms with Crippen molar-refractivity contribution in [1.29, 1.82) is 5.26 Å². The molecule has 7 atom stereocenters. The second kappa shape index (κ2) is 19.3. The summed E-state index contributed by atoms with van der Waals surface area (Å²) < 4.78 is 41.0. The van der Waals surface area contributed by atoms with Crippen LogP contribution in [0.3, 0.4) is 0 Å². The lowest BCUT2D eigenvalue weighted by Gasteiger charge is -2.62. The van der Waals surface area contributed by atoms with E-state index in [1.165, 1.54) is 22.3 Å². The van der Waals surface area contributed by atoms with Gasteiger partial charge in [-0.25, -0.2) is 4.79 Å². The van der Waals surface area contributed by atoms with Gasteiger partial charge in [0.05, 0.1) is 38.5 Å². The Balaban J connectivity index is 1.07. The normalized spacial score (nSPS) is 25.2. The minimum absolute atomic E-state index is 0.0730. The Morgan fingerprint density at radius 1 is 1.01 bits per heavy atom. The highest BCUT2D eigenvalue weighted by molar-refractivity contribution is 7.99. The molecule has 0 radical (unpaired) electrons. The number of aryl methyl sites for hydroxylation is 1. The Kier molecular flexibility index (Phi) is 13.5. The standard InChI is InChI=1S/C52H61N5O11S/c1-28-19-30-20-37-39(22-53)57-38(43(56(37)6)41(30)46(44(28)63-8)65-26-64-18-17-62-7)21-52(61)42(47-45(66-27-67-47)29(2)48(52)58)40(57)23-54-49(59)36(55-50(60)68-51(3,4)5)25-69-24-35-33-15-11-9-13-31(33)32-14-10-12-16-34(32)35/h9-16,19,35-40,43,61H,17-18,20-21,23-27H2,1-8H3,(H,54,59)(H,55,60)/t36-,37?,38?,39-,40-,43-,52?/m0/s1. The van der Waals surface area contributed by atoms with Crippen LogP contribution >= 0.6 is 11.8 Å². The van der Waals surface area contributed by atoms with Crippen LogP contribution in [0.15, 0.2) is 77.3 Å². The molecule has 0 spiro atoms. The largest absolute Gasteiger partial charge is 0.493 e. The number of piperazine rings is 1. The summed E-state index contributed by atoms with van der Waals surface area (Å²) in [5, 5.41) is 30.3. The number of carbonyl (C=O) groups excluding carboxylic acids is 3. The van der Waals surface area contributed by atoms with Crippen molar-refractivity contribution < 1.29 is 52.6 Å². The van der Waals surface area contributed by atoms with Crippen molar-refractivity contribution >= 4 is 29.5 Å². The minimum atomic E-state index is -2.12. The van der Waals surface area contributed by atoms with Gasteiger partial charge in [0.1, 0.15) is 17.7 Å². The van der Waals surface area contributed by atoms with Gasteiger partial charge in [0.25, 0.3) is 0 Å². The summed E-state index contributed by atoms with van der Waals surface area (Å²) in [7, 11) is 5.12. The molecule has 6 aliphatic rings. The Labute approximate surface area is 407 Å². The number of nitrogens with one attached hydrogen (secondary N) is 2. The first-order valence-corrected chi connectivity index (χ1v) is 24.6. The number of likely N-dealkylation sites (N-methyl/N-ethyl adjacent to an activating group) is 1. The molecule has 4 heterocycles. The highest BCUT2D eigenvalue weighted by Gasteiger charge is 2.64. The van der Waals surface area contributed by atoms with Crippen molar-refractivity contribution in [3.63, 3.8) is 0 Å². The van der Waals surface area contributed by atoms with E-state index in [-0.39, 0.29) is 66.9 Å². The number of nitriles is 1. The summed E-state index contributed by atoms with van der Waals surface area (Å²) in [4.78, 5) is 47.1. The number of hydrogen-bond acceptors (Lipinski definition) is 15. The fourth-order valence-corrected chi connectivity index (χ4v) is 12.7. The van der Waals surface area contributed by atoms with Crippen molar-refractivity contribution in [3.05, 3.63) is 105 Å². The number of thioether (sulfide) groups is 1. The van der Waals surface area contributed by atoms with E-state index in [1.54, 1.807) is 53.7 Å². The van der Waals surface area contributed by atoms with Gasteiger partial charge in [0, 0.05) is 66.3 Å². The highest BCUT2D eigenvalue weighted by atomic mass is 32.2. The number of ether oxygens (including phenoxy) is 7. The van der Waals surface area contributed by atoms with Crippen LogP contribution < -0.4 is 20.1 Å². The first-order chi connectivity index (χ1) is 33.1. The molecule has 3 fully saturated rings. The molecule has 3 unspecified atom stereocenters. The number of amides is 2. The number of benzene rings is 3. The number of hydrogen-bond donors (Lipinski definition) is 3. The van der Waals surface area contributed by atoms with Crippen LogP contribution in [0.4, 0.5) is 4.79 Å². The number of methoxy groups -OCH3 is 2. The zero-order valence-electron chi connectivity index (χ0n) is 40.4. The quantitative estimate of drug-likeness (QED) is 0.125. The number of carbonyl (C=O) groups is 3. The second-order valence-corrected chi connectivity index (χ2v) is 20.6. The Morgan fingerprint density at radius 2 is 1.71 bits per heavy atom. The van der Waals surface area contributed by atoms with E-state index in [0.717, 1.165) is 16.7 Å². The maximum absolute atomic E-state index is 14.8. The van der Waals surface area contributed by atoms with E-state index in [4.69, 9.17) is 33.2 Å². The van der Waals surface area contributed by atoms with Gasteiger partial charge in [-0.1, -0.05) is 54.6 Å². The van der Waals surface area contributed by atoms with Gasteiger partial charge in [-0.2, -0.15) is 17.0 Å². The summed E-state index contributed by atoms with van der Waals surface area (Å²) in [5.74, 6) is 1.29. The van der Waals surface area contributed by atoms with E-state index in [2.05, 4.69) is 51.9 Å². The van der Waals surface area contributed by atoms with E-state index in [9.17, 15) is 24.8 Å². The van der Waals surface area contributed by atoms with Gasteiger partial charge in [-0.05, 0) is 81.5 Å². The molecule has 16 nitrogen and oxygen atoms in total. The molecule has 3 saturated heterocycles. The third kappa shape index (κ3) is 8.63. The minimum Gasteiger partial charge on any atom is -0.493 e. The molecule has 3 N–H and O–H groups in total. The zero-order chi connectivity index (χ0) is 48.9. The molecular weight excluding hydrogens is 903 g/mol. The summed E-state index contributed by atoms with van der Waals surface area (Å²) in [6.45, 7) is 9.05. The first-order valence-electron chi connectivity index (χ1n) is 23.4. The average Bonchev–Trinajstić information content (AvgIpc) is 3.92.